The van der Waals surface area contributed by atoms with Crippen LogP contribution in [0, 0.1) is 0 Å². The second-order valence-corrected chi connectivity index (χ2v) is 12.0. The first-order chi connectivity index (χ1) is 17.0. The van der Waals surface area contributed by atoms with Crippen molar-refractivity contribution in [1.29, 1.82) is 0 Å². The Bertz CT molecular complexity index is 1390. The lowest BCUT2D eigenvalue weighted by Crippen LogP contribution is -2.10. The molecule has 36 heavy (non-hydrogen) atoms. The quantitative estimate of drug-likeness (QED) is 0.257. The van der Waals surface area contributed by atoms with Gasteiger partial charge in [-0.05, 0) is 96.6 Å². The molecule has 0 N–H and O–H groups in total. The number of sulfone groups is 1. The molecule has 4 rings (SSSR count). The van der Waals surface area contributed by atoms with Gasteiger partial charge in [0.1, 0.15) is 17.2 Å². The highest BCUT2D eigenvalue weighted by Crippen LogP contribution is 2.30. The van der Waals surface area contributed by atoms with Gasteiger partial charge in [0.2, 0.25) is 9.84 Å². The summed E-state index contributed by atoms with van der Waals surface area (Å²) in [5, 5.41) is 0. The molecule has 0 saturated heterocycles. The highest BCUT2D eigenvalue weighted by atomic mass is 32.2. The van der Waals surface area contributed by atoms with Crippen molar-refractivity contribution in [2.75, 3.05) is 0 Å². The molecule has 0 radical (unpaired) electrons. The van der Waals surface area contributed by atoms with E-state index in [0.717, 1.165) is 11.1 Å². The molecule has 0 spiro atoms. The molecule has 186 valence electrons. The van der Waals surface area contributed by atoms with Gasteiger partial charge in [-0.2, -0.15) is 0 Å². The fraction of sp³-hybridized carbons (Fsp3) is 0.226. The first-order valence-electron chi connectivity index (χ1n) is 12.0. The predicted molar refractivity (Wildman–Crippen MR) is 145 cm³/mol. The van der Waals surface area contributed by atoms with E-state index in [-0.39, 0.29) is 21.3 Å². The number of benzene rings is 4. The monoisotopic (exact) mass is 500 g/mol. The third-order valence-corrected chi connectivity index (χ3v) is 7.60. The Hall–Kier alpha value is -3.57. The summed E-state index contributed by atoms with van der Waals surface area (Å²) in [5.74, 6) is 1.89. The van der Waals surface area contributed by atoms with Crippen LogP contribution in [0.15, 0.2) is 107 Å². The summed E-state index contributed by atoms with van der Waals surface area (Å²) >= 11 is 0. The Morgan fingerprint density at radius 2 is 0.972 bits per heavy atom. The van der Waals surface area contributed by atoms with Gasteiger partial charge in [0.15, 0.2) is 0 Å². The molecule has 0 unspecified atom stereocenters. The minimum atomic E-state index is -3.63. The van der Waals surface area contributed by atoms with Crippen molar-refractivity contribution in [2.24, 2.45) is 0 Å². The second-order valence-electron chi connectivity index (χ2n) is 10.1. The molecule has 0 fully saturated rings. The largest absolute Gasteiger partial charge is 0.491 e. The molecule has 4 aromatic rings. The van der Waals surface area contributed by atoms with Crippen LogP contribution < -0.4 is 9.47 Å². The smallest absolute Gasteiger partial charge is 0.206 e. The normalized spacial score (nSPS) is 11.9. The highest BCUT2D eigenvalue weighted by Gasteiger charge is 2.18. The van der Waals surface area contributed by atoms with E-state index in [4.69, 9.17) is 9.47 Å². The van der Waals surface area contributed by atoms with Crippen molar-refractivity contribution in [1.82, 2.24) is 0 Å². The first kappa shape index (κ1) is 25.5. The van der Waals surface area contributed by atoms with Crippen LogP contribution in [0.4, 0.5) is 0 Å². The minimum Gasteiger partial charge on any atom is -0.491 e. The van der Waals surface area contributed by atoms with E-state index in [1.165, 1.54) is 5.56 Å². The molecule has 0 bridgehead atoms. The molecule has 0 atom stereocenters. The molecule has 5 heteroatoms. The summed E-state index contributed by atoms with van der Waals surface area (Å²) in [6.07, 6.45) is 0.0242. The molecule has 0 heterocycles. The third-order valence-electron chi connectivity index (χ3n) is 5.81. The lowest BCUT2D eigenvalue weighted by atomic mass is 9.86. The zero-order valence-electron chi connectivity index (χ0n) is 21.4. The Balaban J connectivity index is 1.44. The van der Waals surface area contributed by atoms with E-state index in [2.05, 4.69) is 45.0 Å². The van der Waals surface area contributed by atoms with E-state index in [1.54, 1.807) is 48.5 Å². The maximum absolute atomic E-state index is 13.0. The van der Waals surface area contributed by atoms with Crippen molar-refractivity contribution in [3.05, 3.63) is 103 Å². The molecular weight excluding hydrogens is 468 g/mol. The third kappa shape index (κ3) is 5.97. The van der Waals surface area contributed by atoms with E-state index >= 15 is 0 Å². The van der Waals surface area contributed by atoms with Gasteiger partial charge in [0.25, 0.3) is 0 Å². The minimum absolute atomic E-state index is 0.0242. The van der Waals surface area contributed by atoms with Gasteiger partial charge in [-0.25, -0.2) is 8.42 Å². The van der Waals surface area contributed by atoms with Crippen LogP contribution in [-0.2, 0) is 15.3 Å². The van der Waals surface area contributed by atoms with Gasteiger partial charge in [0.05, 0.1) is 15.9 Å². The summed E-state index contributed by atoms with van der Waals surface area (Å²) in [4.78, 5) is 0.430. The van der Waals surface area contributed by atoms with Gasteiger partial charge in [-0.1, -0.05) is 57.2 Å². The molecule has 0 aliphatic heterocycles. The molecule has 0 aromatic heterocycles. The number of hydrogen-bond donors (Lipinski definition) is 0. The standard InChI is InChI=1S/C31H32O4S/c1-22(2)34-26-14-18-29(19-15-26)36(32,33)30-20-16-28(17-21-30)35-27-12-8-24(9-13-27)23-6-10-25(11-7-23)31(3,4)5/h6-22H,1-5H3. The van der Waals surface area contributed by atoms with Gasteiger partial charge in [-0.15, -0.1) is 0 Å². The maximum Gasteiger partial charge on any atom is 0.206 e. The van der Waals surface area contributed by atoms with Crippen LogP contribution in [0.2, 0.25) is 0 Å². The van der Waals surface area contributed by atoms with Gasteiger partial charge >= 0.3 is 0 Å². The van der Waals surface area contributed by atoms with Crippen LogP contribution in [0.1, 0.15) is 40.2 Å². The van der Waals surface area contributed by atoms with Crippen molar-refractivity contribution >= 4 is 9.84 Å². The average Bonchev–Trinajstić information content (AvgIpc) is 2.84. The lowest BCUT2D eigenvalue weighted by Gasteiger charge is -2.19. The van der Waals surface area contributed by atoms with Crippen LogP contribution in [0.25, 0.3) is 11.1 Å². The fourth-order valence-electron chi connectivity index (χ4n) is 3.81. The summed E-state index contributed by atoms with van der Waals surface area (Å²) in [7, 11) is -3.63. The van der Waals surface area contributed by atoms with Crippen LogP contribution in [0.3, 0.4) is 0 Å². The zero-order valence-corrected chi connectivity index (χ0v) is 22.2. The topological polar surface area (TPSA) is 52.6 Å². The fourth-order valence-corrected chi connectivity index (χ4v) is 5.07. The number of hydrogen-bond acceptors (Lipinski definition) is 4. The summed E-state index contributed by atoms with van der Waals surface area (Å²) in [6.45, 7) is 10.5. The van der Waals surface area contributed by atoms with Crippen molar-refractivity contribution in [3.63, 3.8) is 0 Å². The van der Waals surface area contributed by atoms with Gasteiger partial charge in [-0.3, -0.25) is 0 Å². The molecule has 0 aliphatic rings. The molecule has 4 nitrogen and oxygen atoms in total. The van der Waals surface area contributed by atoms with Crippen LogP contribution in [-0.4, -0.2) is 14.5 Å². The van der Waals surface area contributed by atoms with Crippen LogP contribution in [0.5, 0.6) is 17.2 Å². The first-order valence-corrected chi connectivity index (χ1v) is 13.5. The van der Waals surface area contributed by atoms with Gasteiger partial charge < -0.3 is 9.47 Å². The number of rotatable bonds is 7. The summed E-state index contributed by atoms with van der Waals surface area (Å²) < 4.78 is 37.6. The highest BCUT2D eigenvalue weighted by molar-refractivity contribution is 7.91. The molecule has 4 aromatic carbocycles. The maximum atomic E-state index is 13.0. The summed E-state index contributed by atoms with van der Waals surface area (Å²) in [5.41, 5.74) is 3.67. The lowest BCUT2D eigenvalue weighted by molar-refractivity contribution is 0.242. The van der Waals surface area contributed by atoms with E-state index in [0.29, 0.717) is 17.2 Å². The second kappa shape index (κ2) is 10.2. The van der Waals surface area contributed by atoms with E-state index < -0.39 is 9.84 Å². The molecular formula is C31H32O4S. The Kier molecular flexibility index (Phi) is 7.23. The Labute approximate surface area is 214 Å². The molecule has 0 aliphatic carbocycles. The SMILES string of the molecule is CC(C)Oc1ccc(S(=O)(=O)c2ccc(Oc3ccc(-c4ccc(C(C)(C)C)cc4)cc3)cc2)cc1. The van der Waals surface area contributed by atoms with Crippen molar-refractivity contribution in [3.8, 4) is 28.4 Å². The van der Waals surface area contributed by atoms with E-state index in [1.807, 2.05) is 38.1 Å². The van der Waals surface area contributed by atoms with Crippen LogP contribution >= 0.6 is 0 Å². The Morgan fingerprint density at radius 3 is 1.39 bits per heavy atom. The average molecular weight is 501 g/mol. The Morgan fingerprint density at radius 1 is 0.583 bits per heavy atom. The molecule has 0 amide bonds. The van der Waals surface area contributed by atoms with Crippen molar-refractivity contribution < 1.29 is 17.9 Å². The molecule has 0 saturated carbocycles. The number of ether oxygens (including phenoxy) is 2. The summed E-state index contributed by atoms with van der Waals surface area (Å²) in [6, 6.07) is 29.4. The van der Waals surface area contributed by atoms with Gasteiger partial charge in [0, 0.05) is 0 Å². The van der Waals surface area contributed by atoms with E-state index in [9.17, 15) is 8.42 Å². The zero-order chi connectivity index (χ0) is 25.9. The van der Waals surface area contributed by atoms with Crippen molar-refractivity contribution in [2.45, 2.75) is 55.9 Å². The predicted octanol–water partition coefficient (Wildman–Crippen LogP) is 8.06.